The van der Waals surface area contributed by atoms with Gasteiger partial charge in [0.2, 0.25) is 5.13 Å². The molecule has 0 aliphatic carbocycles. The van der Waals surface area contributed by atoms with Gasteiger partial charge in [0.25, 0.3) is 5.91 Å². The summed E-state index contributed by atoms with van der Waals surface area (Å²) in [6, 6.07) is 10.8. The zero-order chi connectivity index (χ0) is 26.9. The van der Waals surface area contributed by atoms with E-state index < -0.39 is 17.6 Å². The lowest BCUT2D eigenvalue weighted by molar-refractivity contribution is -0.137. The van der Waals surface area contributed by atoms with Crippen LogP contribution < -0.4 is 4.74 Å². The number of amides is 1. The van der Waals surface area contributed by atoms with Gasteiger partial charge in [0.1, 0.15) is 5.75 Å². The maximum atomic E-state index is 13.5. The molecule has 0 fully saturated rings. The van der Waals surface area contributed by atoms with E-state index in [1.807, 2.05) is 38.1 Å². The number of carbonyl (C=O) groups is 1. The third kappa shape index (κ3) is 5.33. The minimum absolute atomic E-state index is 0.0797. The number of aromatic nitrogens is 3. The average molecular weight is 533 g/mol. The Kier molecular flexibility index (Phi) is 7.56. The summed E-state index contributed by atoms with van der Waals surface area (Å²) in [5, 5.41) is 5.05. The molecular weight excluding hydrogens is 505 g/mol. The second kappa shape index (κ2) is 10.5. The van der Waals surface area contributed by atoms with Crippen LogP contribution in [0.4, 0.5) is 13.2 Å². The van der Waals surface area contributed by atoms with Crippen molar-refractivity contribution in [2.75, 3.05) is 34.4 Å². The lowest BCUT2D eigenvalue weighted by Gasteiger charge is -2.15. The maximum Gasteiger partial charge on any atom is 0.416 e. The Hall–Kier alpha value is -3.44. The highest BCUT2D eigenvalue weighted by Gasteiger charge is 2.32. The Morgan fingerprint density at radius 3 is 2.57 bits per heavy atom. The second-order valence-corrected chi connectivity index (χ2v) is 9.81. The van der Waals surface area contributed by atoms with E-state index in [1.165, 1.54) is 34.1 Å². The molecule has 0 aliphatic heterocycles. The number of benzene rings is 2. The minimum Gasteiger partial charge on any atom is -0.497 e. The monoisotopic (exact) mass is 532 g/mol. The van der Waals surface area contributed by atoms with Crippen molar-refractivity contribution in [3.8, 4) is 22.1 Å². The van der Waals surface area contributed by atoms with Crippen molar-refractivity contribution in [1.29, 1.82) is 0 Å². The van der Waals surface area contributed by atoms with Gasteiger partial charge in [-0.15, -0.1) is 0 Å². The number of nitrogens with zero attached hydrogens (tertiary/aromatic N) is 4. The second-order valence-electron chi connectivity index (χ2n) is 8.81. The smallest absolute Gasteiger partial charge is 0.416 e. The molecule has 4 aromatic rings. The Bertz CT molecular complexity index is 1430. The Balaban J connectivity index is 1.91. The zero-order valence-corrected chi connectivity index (χ0v) is 21.9. The number of methoxy groups -OCH3 is 2. The molecule has 196 valence electrons. The number of thiazole rings is 1. The van der Waals surface area contributed by atoms with E-state index in [0.29, 0.717) is 16.4 Å². The van der Waals surface area contributed by atoms with Crippen LogP contribution in [0.5, 0.6) is 5.75 Å². The quantitative estimate of drug-likeness (QED) is 0.278. The van der Waals surface area contributed by atoms with Crippen LogP contribution in [-0.2, 0) is 10.9 Å². The number of halogens is 3. The maximum absolute atomic E-state index is 13.5. The van der Waals surface area contributed by atoms with Crippen molar-refractivity contribution in [2.24, 2.45) is 0 Å². The minimum atomic E-state index is -4.57. The molecule has 1 amide bonds. The van der Waals surface area contributed by atoms with E-state index in [9.17, 15) is 18.0 Å². The summed E-state index contributed by atoms with van der Waals surface area (Å²) in [5.74, 6) is 0.291. The van der Waals surface area contributed by atoms with E-state index in [0.717, 1.165) is 28.3 Å². The SMILES string of the molecule is COCCN(C)C(=O)c1nn(-c2nc(-c3cccc(OC)c3)c(C(C)C)s2)c2ccc(C(F)(F)F)cc12. The fraction of sp³-hybridized carbons (Fsp3) is 0.346. The average Bonchev–Trinajstić information content (AvgIpc) is 3.48. The number of ether oxygens (including phenoxy) is 2. The van der Waals surface area contributed by atoms with Crippen molar-refractivity contribution < 1.29 is 27.4 Å². The first kappa shape index (κ1) is 26.6. The van der Waals surface area contributed by atoms with Crippen LogP contribution in [0.15, 0.2) is 42.5 Å². The van der Waals surface area contributed by atoms with Crippen LogP contribution in [0.3, 0.4) is 0 Å². The zero-order valence-electron chi connectivity index (χ0n) is 21.1. The first-order valence-electron chi connectivity index (χ1n) is 11.5. The Morgan fingerprint density at radius 1 is 1.16 bits per heavy atom. The highest BCUT2D eigenvalue weighted by atomic mass is 32.1. The van der Waals surface area contributed by atoms with Gasteiger partial charge >= 0.3 is 6.18 Å². The Labute approximate surface area is 216 Å². The van der Waals surface area contributed by atoms with Gasteiger partial charge < -0.3 is 14.4 Å². The summed E-state index contributed by atoms with van der Waals surface area (Å²) in [6.07, 6.45) is -4.57. The van der Waals surface area contributed by atoms with Crippen LogP contribution in [0, 0.1) is 0 Å². The van der Waals surface area contributed by atoms with Gasteiger partial charge in [-0.2, -0.15) is 18.3 Å². The van der Waals surface area contributed by atoms with Gasteiger partial charge in [-0.25, -0.2) is 9.67 Å². The Morgan fingerprint density at radius 2 is 1.92 bits per heavy atom. The third-order valence-corrected chi connectivity index (χ3v) is 7.21. The normalized spacial score (nSPS) is 11.9. The summed E-state index contributed by atoms with van der Waals surface area (Å²) < 4.78 is 52.5. The lowest BCUT2D eigenvalue weighted by Crippen LogP contribution is -2.30. The van der Waals surface area contributed by atoms with Gasteiger partial charge in [-0.1, -0.05) is 37.3 Å². The predicted octanol–water partition coefficient (Wildman–Crippen LogP) is 6.02. The summed E-state index contributed by atoms with van der Waals surface area (Å²) in [7, 11) is 4.65. The molecule has 0 saturated heterocycles. The largest absolute Gasteiger partial charge is 0.497 e. The predicted molar refractivity (Wildman–Crippen MR) is 137 cm³/mol. The van der Waals surface area contributed by atoms with E-state index in [-0.39, 0.29) is 30.1 Å². The lowest BCUT2D eigenvalue weighted by atomic mass is 10.1. The van der Waals surface area contributed by atoms with Crippen LogP contribution in [0.2, 0.25) is 0 Å². The molecule has 11 heteroatoms. The van der Waals surface area contributed by atoms with Crippen molar-refractivity contribution in [3.05, 3.63) is 58.6 Å². The van der Waals surface area contributed by atoms with Gasteiger partial charge in [-0.05, 0) is 36.2 Å². The molecule has 0 aliphatic rings. The summed E-state index contributed by atoms with van der Waals surface area (Å²) >= 11 is 1.38. The van der Waals surface area contributed by atoms with Gasteiger partial charge in [-0.3, -0.25) is 4.79 Å². The number of hydrogen-bond acceptors (Lipinski definition) is 6. The third-order valence-electron chi connectivity index (χ3n) is 5.88. The summed E-state index contributed by atoms with van der Waals surface area (Å²) in [5.41, 5.74) is 1.00. The van der Waals surface area contributed by atoms with Crippen LogP contribution in [0.25, 0.3) is 27.3 Å². The highest BCUT2D eigenvalue weighted by Crippen LogP contribution is 2.38. The first-order chi connectivity index (χ1) is 17.5. The molecule has 0 atom stereocenters. The van der Waals surface area contributed by atoms with Crippen LogP contribution >= 0.6 is 11.3 Å². The fourth-order valence-electron chi connectivity index (χ4n) is 3.89. The van der Waals surface area contributed by atoms with Crippen molar-refractivity contribution in [1.82, 2.24) is 19.7 Å². The topological polar surface area (TPSA) is 69.5 Å². The molecule has 4 rings (SSSR count). The van der Waals surface area contributed by atoms with E-state index in [2.05, 4.69) is 5.10 Å². The van der Waals surface area contributed by atoms with E-state index in [4.69, 9.17) is 14.5 Å². The molecule has 2 aromatic heterocycles. The molecule has 0 saturated carbocycles. The van der Waals surface area contributed by atoms with Crippen molar-refractivity contribution in [3.63, 3.8) is 0 Å². The van der Waals surface area contributed by atoms with Crippen LogP contribution in [-0.4, -0.2) is 60.0 Å². The fourth-order valence-corrected chi connectivity index (χ4v) is 4.94. The van der Waals surface area contributed by atoms with Crippen molar-refractivity contribution in [2.45, 2.75) is 25.9 Å². The molecular formula is C26H27F3N4O3S. The molecule has 2 aromatic carbocycles. The van der Waals surface area contributed by atoms with Gasteiger partial charge in [0.05, 0.1) is 30.5 Å². The van der Waals surface area contributed by atoms with Crippen LogP contribution in [0.1, 0.15) is 40.7 Å². The molecule has 0 bridgehead atoms. The molecule has 0 unspecified atom stereocenters. The number of hydrogen-bond donors (Lipinski definition) is 0. The number of fused-ring (bicyclic) bond motifs is 1. The van der Waals surface area contributed by atoms with Crippen molar-refractivity contribution >= 4 is 28.1 Å². The van der Waals surface area contributed by atoms with Gasteiger partial charge in [0, 0.05) is 36.5 Å². The van der Waals surface area contributed by atoms with E-state index >= 15 is 0 Å². The molecule has 37 heavy (non-hydrogen) atoms. The molecule has 0 N–H and O–H groups in total. The molecule has 7 nitrogen and oxygen atoms in total. The number of likely N-dealkylation sites (N-methyl/N-ethyl adjacent to an activating group) is 1. The first-order valence-corrected chi connectivity index (χ1v) is 12.4. The standard InChI is InChI=1S/C26H27F3N4O3S/c1-15(2)23-21(16-7-6-8-18(13-16)36-5)30-25(37-23)33-20-10-9-17(26(27,28)29)14-19(20)22(31-33)24(34)32(3)11-12-35-4/h6-10,13-15H,11-12H2,1-5H3. The number of carbonyl (C=O) groups excluding carboxylic acids is 1. The van der Waals surface area contributed by atoms with E-state index in [1.54, 1.807) is 14.2 Å². The van der Waals surface area contributed by atoms with Gasteiger partial charge in [0.15, 0.2) is 5.69 Å². The number of alkyl halides is 3. The molecule has 2 heterocycles. The summed E-state index contributed by atoms with van der Waals surface area (Å²) in [4.78, 5) is 20.4. The number of rotatable bonds is 8. The molecule has 0 radical (unpaired) electrons. The summed E-state index contributed by atoms with van der Waals surface area (Å²) in [6.45, 7) is 4.62. The highest BCUT2D eigenvalue weighted by molar-refractivity contribution is 7.14. The molecule has 0 spiro atoms.